The van der Waals surface area contributed by atoms with Crippen molar-refractivity contribution in [1.29, 1.82) is 0 Å². The topological polar surface area (TPSA) is 7.76 Å². The van der Waals surface area contributed by atoms with Crippen molar-refractivity contribution in [3.8, 4) is 33.6 Å². The van der Waals surface area contributed by atoms with E-state index in [4.69, 9.17) is 4.11 Å². The second kappa shape index (κ2) is 6.49. The molecule has 1 unspecified atom stereocenters. The van der Waals surface area contributed by atoms with Crippen molar-refractivity contribution < 1.29 is 13.2 Å². The molecule has 2 aliphatic heterocycles. The Kier molecular flexibility index (Phi) is 3.09. The standard InChI is InChI=1S/C31H24N2/c1-21-15-18-29-26-17-16-24(23-10-4-3-5-11-23)19-28(26)31(32(29)20-21)27-13-7-6-12-25(27)30-14-8-9-22(2)33(30)31/h3-20H,1-2H3/q+2/i2D3. The van der Waals surface area contributed by atoms with Gasteiger partial charge in [-0.15, -0.1) is 9.13 Å². The molecule has 0 amide bonds. The average molecular weight is 428 g/mol. The summed E-state index contributed by atoms with van der Waals surface area (Å²) in [5, 5.41) is 0. The summed E-state index contributed by atoms with van der Waals surface area (Å²) >= 11 is 0. The first-order valence-electron chi connectivity index (χ1n) is 12.8. The lowest BCUT2D eigenvalue weighted by molar-refractivity contribution is -0.957. The molecule has 2 aliphatic rings. The maximum absolute atomic E-state index is 8.49. The monoisotopic (exact) mass is 427 g/mol. The Hall–Kier alpha value is -4.04. The van der Waals surface area contributed by atoms with E-state index in [0.717, 1.165) is 50.3 Å². The zero-order valence-corrected chi connectivity index (χ0v) is 18.3. The van der Waals surface area contributed by atoms with Crippen molar-refractivity contribution in [3.05, 3.63) is 132 Å². The summed E-state index contributed by atoms with van der Waals surface area (Å²) in [7, 11) is 0. The lowest BCUT2D eigenvalue weighted by Crippen LogP contribution is -2.72. The molecule has 0 N–H and O–H groups in total. The van der Waals surface area contributed by atoms with Crippen LogP contribution in [0.1, 0.15) is 26.5 Å². The molecule has 0 bridgehead atoms. The van der Waals surface area contributed by atoms with E-state index in [-0.39, 0.29) is 0 Å². The van der Waals surface area contributed by atoms with E-state index in [1.54, 1.807) is 6.07 Å². The minimum Gasteiger partial charge on any atom is -0.125 e. The maximum Gasteiger partial charge on any atom is 0.417 e. The Morgan fingerprint density at radius 3 is 2.36 bits per heavy atom. The minimum atomic E-state index is -2.28. The first-order valence-corrected chi connectivity index (χ1v) is 11.3. The summed E-state index contributed by atoms with van der Waals surface area (Å²) in [4.78, 5) is 0. The fraction of sp³-hybridized carbons (Fsp3) is 0.0968. The highest BCUT2D eigenvalue weighted by atomic mass is 15.3. The van der Waals surface area contributed by atoms with E-state index in [9.17, 15) is 0 Å². The molecule has 0 aliphatic carbocycles. The molecule has 156 valence electrons. The van der Waals surface area contributed by atoms with Gasteiger partial charge in [-0.3, -0.25) is 0 Å². The van der Waals surface area contributed by atoms with Gasteiger partial charge in [0.25, 0.3) is 0 Å². The molecule has 0 saturated carbocycles. The van der Waals surface area contributed by atoms with Gasteiger partial charge in [-0.25, -0.2) is 0 Å². The minimum absolute atomic E-state index is 0.328. The summed E-state index contributed by atoms with van der Waals surface area (Å²) in [6.45, 7) is -0.198. The highest BCUT2D eigenvalue weighted by molar-refractivity contribution is 5.77. The van der Waals surface area contributed by atoms with Crippen LogP contribution in [-0.4, -0.2) is 0 Å². The van der Waals surface area contributed by atoms with E-state index >= 15 is 0 Å². The molecule has 1 atom stereocenters. The number of benzene rings is 3. The van der Waals surface area contributed by atoms with Gasteiger partial charge in [0, 0.05) is 34.7 Å². The van der Waals surface area contributed by atoms with Gasteiger partial charge >= 0.3 is 5.66 Å². The number of aromatic nitrogens is 2. The van der Waals surface area contributed by atoms with Crippen molar-refractivity contribution in [2.45, 2.75) is 19.4 Å². The van der Waals surface area contributed by atoms with Crippen LogP contribution in [-0.2, 0) is 5.66 Å². The molecular weight excluding hydrogens is 400 g/mol. The van der Waals surface area contributed by atoms with E-state index in [2.05, 4.69) is 82.9 Å². The molecule has 2 heteroatoms. The van der Waals surface area contributed by atoms with Crippen LogP contribution in [0.15, 0.2) is 109 Å². The molecule has 33 heavy (non-hydrogen) atoms. The average Bonchev–Trinajstić information content (AvgIpc) is 3.35. The highest BCUT2D eigenvalue weighted by Gasteiger charge is 2.67. The highest BCUT2D eigenvalue weighted by Crippen LogP contribution is 2.48. The first-order chi connectivity index (χ1) is 17.4. The number of rotatable bonds is 1. The summed E-state index contributed by atoms with van der Waals surface area (Å²) in [6, 6.07) is 35.2. The Bertz CT molecular complexity index is 1690. The normalized spacial score (nSPS) is 18.6. The number of hydrogen-bond acceptors (Lipinski definition) is 0. The molecule has 0 saturated heterocycles. The zero-order chi connectivity index (χ0) is 24.7. The van der Waals surface area contributed by atoms with Crippen molar-refractivity contribution in [1.82, 2.24) is 0 Å². The van der Waals surface area contributed by atoms with E-state index in [1.165, 1.54) is 0 Å². The van der Waals surface area contributed by atoms with Gasteiger partial charge in [0.2, 0.25) is 11.4 Å². The number of pyridine rings is 2. The predicted molar refractivity (Wildman–Crippen MR) is 131 cm³/mol. The second-order valence-corrected chi connectivity index (χ2v) is 8.94. The third kappa shape index (κ3) is 2.28. The lowest BCUT2D eigenvalue weighted by atomic mass is 9.87. The summed E-state index contributed by atoms with van der Waals surface area (Å²) < 4.78 is 29.8. The first kappa shape index (κ1) is 15.7. The zero-order valence-electron chi connectivity index (χ0n) is 21.3. The van der Waals surface area contributed by atoms with Crippen molar-refractivity contribution in [2.24, 2.45) is 0 Å². The molecule has 3 aromatic carbocycles. The Morgan fingerprint density at radius 2 is 1.48 bits per heavy atom. The van der Waals surface area contributed by atoms with Crippen LogP contribution in [0.25, 0.3) is 33.6 Å². The van der Waals surface area contributed by atoms with Gasteiger partial charge in [0.1, 0.15) is 11.1 Å². The number of hydrogen-bond donors (Lipinski definition) is 0. The lowest BCUT2D eigenvalue weighted by Gasteiger charge is -2.19. The molecule has 2 nitrogen and oxygen atoms in total. The van der Waals surface area contributed by atoms with E-state index in [1.807, 2.05) is 36.4 Å². The molecule has 7 rings (SSSR count). The predicted octanol–water partition coefficient (Wildman–Crippen LogP) is 5.80. The summed E-state index contributed by atoms with van der Waals surface area (Å²) in [5.41, 5.74) is 9.17. The van der Waals surface area contributed by atoms with Crippen LogP contribution in [0.2, 0.25) is 0 Å². The second-order valence-electron chi connectivity index (χ2n) is 8.94. The fourth-order valence-electron chi connectivity index (χ4n) is 5.79. The van der Waals surface area contributed by atoms with Crippen LogP contribution >= 0.6 is 0 Å². The van der Waals surface area contributed by atoms with Crippen LogP contribution in [0, 0.1) is 13.8 Å². The molecule has 0 radical (unpaired) electrons. The largest absolute Gasteiger partial charge is 0.417 e. The van der Waals surface area contributed by atoms with Crippen LogP contribution in [0.3, 0.4) is 0 Å². The van der Waals surface area contributed by atoms with Crippen LogP contribution in [0.4, 0.5) is 0 Å². The Labute approximate surface area is 198 Å². The van der Waals surface area contributed by atoms with Crippen molar-refractivity contribution in [2.75, 3.05) is 0 Å². The van der Waals surface area contributed by atoms with Crippen molar-refractivity contribution in [3.63, 3.8) is 0 Å². The molecule has 1 spiro atoms. The third-order valence-electron chi connectivity index (χ3n) is 7.12. The van der Waals surface area contributed by atoms with Gasteiger partial charge in [-0.2, -0.15) is 0 Å². The van der Waals surface area contributed by atoms with Gasteiger partial charge in [-0.1, -0.05) is 48.5 Å². The smallest absolute Gasteiger partial charge is 0.125 e. The molecule has 2 aromatic heterocycles. The Balaban J connectivity index is 1.68. The molecular formula is C31H24N2+2. The quantitative estimate of drug-likeness (QED) is 0.292. The molecule has 0 fully saturated rings. The summed E-state index contributed by atoms with van der Waals surface area (Å²) in [6.07, 6.45) is 2.16. The molecule has 4 heterocycles. The third-order valence-corrected chi connectivity index (χ3v) is 7.12. The number of fused-ring (bicyclic) bond motifs is 10. The number of aryl methyl sites for hydroxylation is 2. The number of nitrogens with zero attached hydrogens (tertiary/aromatic N) is 2. The van der Waals surface area contributed by atoms with Gasteiger partial charge in [0.15, 0.2) is 11.9 Å². The van der Waals surface area contributed by atoms with Gasteiger partial charge < -0.3 is 0 Å². The van der Waals surface area contributed by atoms with Gasteiger partial charge in [0.05, 0.1) is 11.1 Å². The summed E-state index contributed by atoms with van der Waals surface area (Å²) in [5.74, 6) is 0. The Morgan fingerprint density at radius 1 is 0.667 bits per heavy atom. The van der Waals surface area contributed by atoms with E-state index in [0.29, 0.717) is 5.69 Å². The van der Waals surface area contributed by atoms with Gasteiger partial charge in [-0.05, 0) is 54.4 Å². The SMILES string of the molecule is [2H]C([2H])([2H])c1cccc2[n+]1C1(c3cc(-c4ccccc4)ccc3-c3ccc(C)c[n+]31)c1ccccc1-2. The maximum atomic E-state index is 8.49. The fourth-order valence-corrected chi connectivity index (χ4v) is 5.79. The van der Waals surface area contributed by atoms with Crippen molar-refractivity contribution >= 4 is 0 Å². The van der Waals surface area contributed by atoms with Crippen LogP contribution in [0.5, 0.6) is 0 Å². The van der Waals surface area contributed by atoms with E-state index < -0.39 is 12.5 Å². The molecule has 5 aromatic rings. The van der Waals surface area contributed by atoms with Crippen LogP contribution < -0.4 is 9.13 Å².